The molecule has 2 rings (SSSR count). The Kier molecular flexibility index (Phi) is 5.87. The molecule has 0 radical (unpaired) electrons. The molecule has 7 heteroatoms. The van der Waals surface area contributed by atoms with Crippen LogP contribution in [-0.2, 0) is 20.9 Å². The van der Waals surface area contributed by atoms with Crippen LogP contribution in [-0.4, -0.2) is 53.3 Å². The molecule has 0 spiro atoms. The first-order valence-electron chi connectivity index (χ1n) is 7.17. The topological polar surface area (TPSA) is 114 Å². The maximum absolute atomic E-state index is 11.3. The minimum absolute atomic E-state index is 0.0379. The second kappa shape index (κ2) is 7.66. The molecule has 5 atom stereocenters. The fraction of sp³-hybridized carbons (Fsp3) is 0.533. The molecule has 1 aliphatic rings. The van der Waals surface area contributed by atoms with E-state index in [0.717, 1.165) is 5.56 Å². The van der Waals surface area contributed by atoms with E-state index in [4.69, 9.17) is 15.2 Å². The van der Waals surface area contributed by atoms with E-state index in [1.165, 1.54) is 6.92 Å². The van der Waals surface area contributed by atoms with Crippen LogP contribution < -0.4 is 11.1 Å². The van der Waals surface area contributed by atoms with E-state index in [2.05, 4.69) is 5.32 Å². The van der Waals surface area contributed by atoms with Gasteiger partial charge in [-0.1, -0.05) is 30.3 Å². The van der Waals surface area contributed by atoms with Crippen LogP contribution >= 0.6 is 0 Å². The van der Waals surface area contributed by atoms with Crippen molar-refractivity contribution in [1.82, 2.24) is 5.32 Å². The Labute approximate surface area is 129 Å². The molecule has 0 aromatic heterocycles. The van der Waals surface area contributed by atoms with Crippen molar-refractivity contribution >= 4 is 5.91 Å². The van der Waals surface area contributed by atoms with Crippen molar-refractivity contribution in [2.45, 2.75) is 44.2 Å². The first-order valence-corrected chi connectivity index (χ1v) is 7.17. The Balaban J connectivity index is 2.07. The Morgan fingerprint density at radius 3 is 2.59 bits per heavy atom. The average Bonchev–Trinajstić information content (AvgIpc) is 2.52. The lowest BCUT2D eigenvalue weighted by Crippen LogP contribution is -2.65. The summed E-state index contributed by atoms with van der Waals surface area (Å²) in [6, 6.07) is 8.58. The third-order valence-electron chi connectivity index (χ3n) is 3.56. The van der Waals surface area contributed by atoms with Crippen LogP contribution in [0.5, 0.6) is 0 Å². The summed E-state index contributed by atoms with van der Waals surface area (Å²) in [7, 11) is 0. The average molecular weight is 310 g/mol. The van der Waals surface area contributed by atoms with E-state index in [1.54, 1.807) is 0 Å². The summed E-state index contributed by atoms with van der Waals surface area (Å²) in [6.45, 7) is 1.61. The number of amides is 1. The maximum atomic E-state index is 11.3. The predicted octanol–water partition coefficient (Wildman–Crippen LogP) is -0.887. The van der Waals surface area contributed by atoms with Crippen LogP contribution in [0.1, 0.15) is 12.5 Å². The summed E-state index contributed by atoms with van der Waals surface area (Å²) in [5.41, 5.74) is 6.46. The van der Waals surface area contributed by atoms with Crippen molar-refractivity contribution in [3.05, 3.63) is 35.9 Å². The van der Waals surface area contributed by atoms with Crippen LogP contribution in [0.2, 0.25) is 0 Å². The van der Waals surface area contributed by atoms with Crippen LogP contribution in [0.4, 0.5) is 0 Å². The molecule has 0 bridgehead atoms. The number of benzene rings is 1. The van der Waals surface area contributed by atoms with Crippen LogP contribution in [0, 0.1) is 0 Å². The fourth-order valence-electron chi connectivity index (χ4n) is 2.41. The lowest BCUT2D eigenvalue weighted by Gasteiger charge is -2.42. The molecule has 22 heavy (non-hydrogen) atoms. The number of ether oxygens (including phenoxy) is 2. The highest BCUT2D eigenvalue weighted by atomic mass is 16.7. The van der Waals surface area contributed by atoms with E-state index in [1.807, 2.05) is 30.3 Å². The minimum atomic E-state index is -1.22. The SMILES string of the molecule is CC(=O)N[C@H]1[C@@H](OCc2ccccc2)O[C@H](CN)[C@@H](O)[C@@H]1O. The molecule has 1 heterocycles. The third-order valence-corrected chi connectivity index (χ3v) is 3.56. The van der Waals surface area contributed by atoms with Crippen LogP contribution in [0.25, 0.3) is 0 Å². The molecule has 7 nitrogen and oxygen atoms in total. The first kappa shape index (κ1) is 16.9. The van der Waals surface area contributed by atoms with Crippen molar-refractivity contribution in [3.63, 3.8) is 0 Å². The third kappa shape index (κ3) is 4.02. The standard InChI is InChI=1S/C15H22N2O5/c1-9(18)17-12-14(20)13(19)11(7-16)22-15(12)21-8-10-5-3-2-4-6-10/h2-6,11-15,19-20H,7-8,16H2,1H3,(H,17,18)/t11-,12-,13-,14-,15+/m1/s1. The summed E-state index contributed by atoms with van der Waals surface area (Å²) in [5, 5.41) is 22.7. The van der Waals surface area contributed by atoms with Gasteiger partial charge in [0.15, 0.2) is 6.29 Å². The number of hydrogen-bond donors (Lipinski definition) is 4. The number of hydrogen-bond acceptors (Lipinski definition) is 6. The summed E-state index contributed by atoms with van der Waals surface area (Å²) < 4.78 is 11.3. The highest BCUT2D eigenvalue weighted by Crippen LogP contribution is 2.22. The summed E-state index contributed by atoms with van der Waals surface area (Å²) in [4.78, 5) is 11.3. The van der Waals surface area contributed by atoms with Gasteiger partial charge in [-0.2, -0.15) is 0 Å². The molecule has 0 unspecified atom stereocenters. The molecule has 0 aliphatic carbocycles. The highest BCUT2D eigenvalue weighted by Gasteiger charge is 2.44. The number of carbonyl (C=O) groups is 1. The zero-order valence-corrected chi connectivity index (χ0v) is 12.4. The van der Waals surface area contributed by atoms with Gasteiger partial charge in [-0.15, -0.1) is 0 Å². The van der Waals surface area contributed by atoms with E-state index in [-0.39, 0.29) is 19.1 Å². The number of nitrogens with two attached hydrogens (primary N) is 1. The van der Waals surface area contributed by atoms with Crippen molar-refractivity contribution < 1.29 is 24.5 Å². The summed E-state index contributed by atoms with van der Waals surface area (Å²) in [6.07, 6.45) is -4.04. The number of carbonyl (C=O) groups excluding carboxylic acids is 1. The molecule has 122 valence electrons. The Bertz CT molecular complexity index is 484. The number of aliphatic hydroxyl groups is 2. The predicted molar refractivity (Wildman–Crippen MR) is 78.6 cm³/mol. The van der Waals surface area contributed by atoms with E-state index in [0.29, 0.717) is 0 Å². The summed E-state index contributed by atoms with van der Waals surface area (Å²) >= 11 is 0. The van der Waals surface area contributed by atoms with Crippen molar-refractivity contribution in [3.8, 4) is 0 Å². The lowest BCUT2D eigenvalue weighted by atomic mass is 9.96. The number of rotatable bonds is 5. The monoisotopic (exact) mass is 310 g/mol. The van der Waals surface area contributed by atoms with Gasteiger partial charge < -0.3 is 30.7 Å². The molecule has 1 amide bonds. The smallest absolute Gasteiger partial charge is 0.217 e. The lowest BCUT2D eigenvalue weighted by molar-refractivity contribution is -0.265. The molecule has 1 aliphatic heterocycles. The van der Waals surface area contributed by atoms with Gasteiger partial charge in [0.2, 0.25) is 5.91 Å². The minimum Gasteiger partial charge on any atom is -0.388 e. The van der Waals surface area contributed by atoms with Gasteiger partial charge in [-0.05, 0) is 5.56 Å². The molecular formula is C15H22N2O5. The van der Waals surface area contributed by atoms with Gasteiger partial charge >= 0.3 is 0 Å². The van der Waals surface area contributed by atoms with Gasteiger partial charge in [0, 0.05) is 13.5 Å². The van der Waals surface area contributed by atoms with Gasteiger partial charge in [0.25, 0.3) is 0 Å². The second-order valence-electron chi connectivity index (χ2n) is 5.28. The molecule has 1 fully saturated rings. The second-order valence-corrected chi connectivity index (χ2v) is 5.28. The summed E-state index contributed by atoms with van der Waals surface area (Å²) in [5.74, 6) is -0.348. The normalized spacial score (nSPS) is 31.7. The van der Waals surface area contributed by atoms with E-state index >= 15 is 0 Å². The molecule has 1 aromatic carbocycles. The van der Waals surface area contributed by atoms with Gasteiger partial charge in [-0.25, -0.2) is 0 Å². The van der Waals surface area contributed by atoms with E-state index < -0.39 is 30.6 Å². The van der Waals surface area contributed by atoms with Crippen molar-refractivity contribution in [2.24, 2.45) is 5.73 Å². The number of nitrogens with one attached hydrogen (secondary N) is 1. The maximum Gasteiger partial charge on any atom is 0.217 e. The Morgan fingerprint density at radius 1 is 1.32 bits per heavy atom. The van der Waals surface area contributed by atoms with Crippen molar-refractivity contribution in [2.75, 3.05) is 6.54 Å². The van der Waals surface area contributed by atoms with Crippen LogP contribution in [0.3, 0.4) is 0 Å². The Hall–Kier alpha value is -1.51. The molecule has 1 saturated heterocycles. The number of aliphatic hydroxyl groups excluding tert-OH is 2. The van der Waals surface area contributed by atoms with Gasteiger partial charge in [0.05, 0.1) is 6.61 Å². The molecule has 5 N–H and O–H groups in total. The fourth-order valence-corrected chi connectivity index (χ4v) is 2.41. The Morgan fingerprint density at radius 2 is 2.00 bits per heavy atom. The van der Waals surface area contributed by atoms with Crippen molar-refractivity contribution in [1.29, 1.82) is 0 Å². The zero-order chi connectivity index (χ0) is 16.1. The zero-order valence-electron chi connectivity index (χ0n) is 12.4. The van der Waals surface area contributed by atoms with Gasteiger partial charge in [-0.3, -0.25) is 4.79 Å². The molecule has 1 aromatic rings. The highest BCUT2D eigenvalue weighted by molar-refractivity contribution is 5.73. The van der Waals surface area contributed by atoms with Crippen LogP contribution in [0.15, 0.2) is 30.3 Å². The quantitative estimate of drug-likeness (QED) is 0.561. The molecular weight excluding hydrogens is 288 g/mol. The van der Waals surface area contributed by atoms with Gasteiger partial charge in [0.1, 0.15) is 24.4 Å². The van der Waals surface area contributed by atoms with E-state index in [9.17, 15) is 15.0 Å². The molecule has 0 saturated carbocycles. The first-order chi connectivity index (χ1) is 10.5. The largest absolute Gasteiger partial charge is 0.388 e.